The van der Waals surface area contributed by atoms with Gasteiger partial charge in [0.2, 0.25) is 0 Å². The minimum atomic E-state index is -0.995. The van der Waals surface area contributed by atoms with E-state index in [9.17, 15) is 9.90 Å². The Bertz CT molecular complexity index is 381. The molecule has 198 valence electrons. The summed E-state index contributed by atoms with van der Waals surface area (Å²) in [7, 11) is 0. The molecule has 0 aromatic carbocycles. The van der Waals surface area contributed by atoms with Crippen LogP contribution >= 0.6 is 0 Å². The van der Waals surface area contributed by atoms with Crippen molar-refractivity contribution in [2.45, 2.75) is 148 Å². The van der Waals surface area contributed by atoms with Crippen LogP contribution in [0.25, 0.3) is 0 Å². The third kappa shape index (κ3) is 22.7. The molecule has 0 radical (unpaired) electrons. The van der Waals surface area contributed by atoms with Crippen LogP contribution in [-0.2, 0) is 4.74 Å². The van der Waals surface area contributed by atoms with Crippen LogP contribution in [0.2, 0.25) is 0 Å². The lowest BCUT2D eigenvalue weighted by Gasteiger charge is -2.23. The first-order valence-corrected chi connectivity index (χ1v) is 14.4. The Morgan fingerprint density at radius 1 is 0.636 bits per heavy atom. The molecule has 1 atom stereocenters. The van der Waals surface area contributed by atoms with E-state index in [0.29, 0.717) is 0 Å². The van der Waals surface area contributed by atoms with Crippen LogP contribution in [0.1, 0.15) is 142 Å². The van der Waals surface area contributed by atoms with E-state index in [1.807, 2.05) is 0 Å². The summed E-state index contributed by atoms with van der Waals surface area (Å²) < 4.78 is 5.22. The predicted molar refractivity (Wildman–Crippen MR) is 140 cm³/mol. The highest BCUT2D eigenvalue weighted by Gasteiger charge is 2.16. The van der Waals surface area contributed by atoms with Crippen molar-refractivity contribution in [2.75, 3.05) is 26.3 Å². The van der Waals surface area contributed by atoms with Crippen molar-refractivity contribution >= 4 is 6.09 Å². The number of carbonyl (C=O) groups is 1. The maximum atomic E-state index is 12.5. The molecule has 0 aromatic heterocycles. The third-order valence-electron chi connectivity index (χ3n) is 6.43. The van der Waals surface area contributed by atoms with Gasteiger partial charge < -0.3 is 19.8 Å². The third-order valence-corrected chi connectivity index (χ3v) is 6.43. The number of ether oxygens (including phenoxy) is 1. The van der Waals surface area contributed by atoms with Crippen LogP contribution in [0.3, 0.4) is 0 Å². The van der Waals surface area contributed by atoms with E-state index in [4.69, 9.17) is 9.84 Å². The first kappa shape index (κ1) is 32.2. The highest BCUT2D eigenvalue weighted by atomic mass is 16.6. The van der Waals surface area contributed by atoms with Gasteiger partial charge in [-0.2, -0.15) is 0 Å². The van der Waals surface area contributed by atoms with Gasteiger partial charge >= 0.3 is 6.09 Å². The highest BCUT2D eigenvalue weighted by molar-refractivity contribution is 5.67. The van der Waals surface area contributed by atoms with Gasteiger partial charge in [0, 0.05) is 13.1 Å². The molecule has 0 bridgehead atoms. The lowest BCUT2D eigenvalue weighted by Crippen LogP contribution is -2.35. The molecule has 0 rings (SSSR count). The Morgan fingerprint density at radius 2 is 0.970 bits per heavy atom. The Morgan fingerprint density at radius 3 is 1.30 bits per heavy atom. The van der Waals surface area contributed by atoms with Crippen LogP contribution in [0.5, 0.6) is 0 Å². The lowest BCUT2D eigenvalue weighted by atomic mass is 10.1. The van der Waals surface area contributed by atoms with Gasteiger partial charge in [0.05, 0.1) is 6.61 Å². The fraction of sp³-hybridized carbons (Fsp3) is 0.964. The summed E-state index contributed by atoms with van der Waals surface area (Å²) in [6.45, 7) is 5.44. The van der Waals surface area contributed by atoms with Crippen molar-refractivity contribution in [3.05, 3.63) is 0 Å². The molecule has 1 amide bonds. The maximum absolute atomic E-state index is 12.5. The van der Waals surface area contributed by atoms with E-state index < -0.39 is 6.10 Å². The Hall–Kier alpha value is -0.810. The van der Waals surface area contributed by atoms with E-state index in [-0.39, 0.29) is 19.3 Å². The second kappa shape index (κ2) is 25.8. The van der Waals surface area contributed by atoms with Crippen LogP contribution in [0.4, 0.5) is 4.79 Å². The van der Waals surface area contributed by atoms with Crippen LogP contribution < -0.4 is 0 Å². The van der Waals surface area contributed by atoms with Gasteiger partial charge in [-0.05, 0) is 12.8 Å². The van der Waals surface area contributed by atoms with Crippen molar-refractivity contribution in [2.24, 2.45) is 0 Å². The van der Waals surface area contributed by atoms with Crippen LogP contribution in [-0.4, -0.2) is 53.6 Å². The number of aliphatic hydroxyl groups excluding tert-OH is 2. The number of aliphatic hydroxyl groups is 2. The van der Waals surface area contributed by atoms with Gasteiger partial charge in [-0.1, -0.05) is 129 Å². The van der Waals surface area contributed by atoms with Crippen LogP contribution in [0, 0.1) is 0 Å². The first-order chi connectivity index (χ1) is 16.2. The summed E-state index contributed by atoms with van der Waals surface area (Å²) in [5.41, 5.74) is 0. The van der Waals surface area contributed by atoms with E-state index in [0.717, 1.165) is 38.8 Å². The number of amides is 1. The quantitative estimate of drug-likeness (QED) is 0.134. The Balaban J connectivity index is 3.98. The van der Waals surface area contributed by atoms with E-state index in [2.05, 4.69) is 13.8 Å². The number of nitrogens with zero attached hydrogens (tertiary/aromatic N) is 1. The van der Waals surface area contributed by atoms with Crippen LogP contribution in [0.15, 0.2) is 0 Å². The zero-order valence-corrected chi connectivity index (χ0v) is 22.2. The number of hydrogen-bond donors (Lipinski definition) is 2. The maximum Gasteiger partial charge on any atom is 0.409 e. The summed E-state index contributed by atoms with van der Waals surface area (Å²) in [6, 6.07) is 0. The Kier molecular flexibility index (Phi) is 25.2. The number of unbranched alkanes of at least 4 members (excludes halogenated alkanes) is 18. The number of rotatable bonds is 25. The standard InChI is InChI=1S/C28H57NO4/c1-3-5-7-9-11-13-15-17-19-21-23-29(28(32)33-26-27(31)25-30)24-22-20-18-16-14-12-10-8-6-4-2/h27,30-31H,3-26H2,1-2H3. The fourth-order valence-corrected chi connectivity index (χ4v) is 4.19. The number of carbonyl (C=O) groups excluding carboxylic acids is 1. The topological polar surface area (TPSA) is 70.0 Å². The molecule has 0 saturated heterocycles. The van der Waals surface area contributed by atoms with E-state index >= 15 is 0 Å². The predicted octanol–water partition coefficient (Wildman–Crippen LogP) is 7.62. The molecule has 0 aromatic rings. The Labute approximate surface area is 205 Å². The molecule has 0 spiro atoms. The molecule has 0 heterocycles. The van der Waals surface area contributed by atoms with Gasteiger partial charge in [0.25, 0.3) is 0 Å². The molecule has 5 heteroatoms. The molecular weight excluding hydrogens is 414 g/mol. The van der Waals surface area contributed by atoms with Crippen molar-refractivity contribution in [3.63, 3.8) is 0 Å². The van der Waals surface area contributed by atoms with Gasteiger partial charge in [-0.15, -0.1) is 0 Å². The van der Waals surface area contributed by atoms with E-state index in [1.54, 1.807) is 4.90 Å². The SMILES string of the molecule is CCCCCCCCCCCCN(CCCCCCCCCCCC)C(=O)OCC(O)CO. The highest BCUT2D eigenvalue weighted by Crippen LogP contribution is 2.13. The molecule has 0 aliphatic rings. The summed E-state index contributed by atoms with van der Waals surface area (Å²) in [6.07, 6.45) is 24.2. The molecule has 1 unspecified atom stereocenters. The minimum absolute atomic E-state index is 0.137. The van der Waals surface area contributed by atoms with Crippen molar-refractivity contribution < 1.29 is 19.7 Å². The molecule has 0 saturated carbocycles. The van der Waals surface area contributed by atoms with Gasteiger partial charge in [0.1, 0.15) is 12.7 Å². The number of hydrogen-bond acceptors (Lipinski definition) is 4. The average molecular weight is 472 g/mol. The molecule has 5 nitrogen and oxygen atoms in total. The first-order valence-electron chi connectivity index (χ1n) is 14.4. The summed E-state index contributed by atoms with van der Waals surface area (Å²) in [4.78, 5) is 14.3. The van der Waals surface area contributed by atoms with Crippen molar-refractivity contribution in [1.82, 2.24) is 4.90 Å². The summed E-state index contributed by atoms with van der Waals surface area (Å²) in [5.74, 6) is 0. The van der Waals surface area contributed by atoms with Crippen molar-refractivity contribution in [1.29, 1.82) is 0 Å². The zero-order valence-electron chi connectivity index (χ0n) is 22.2. The van der Waals surface area contributed by atoms with Gasteiger partial charge in [0.15, 0.2) is 0 Å². The molecule has 2 N–H and O–H groups in total. The second-order valence-electron chi connectivity index (χ2n) is 9.76. The smallest absolute Gasteiger partial charge is 0.409 e. The fourth-order valence-electron chi connectivity index (χ4n) is 4.19. The molecular formula is C28H57NO4. The van der Waals surface area contributed by atoms with Gasteiger partial charge in [-0.25, -0.2) is 4.79 Å². The second-order valence-corrected chi connectivity index (χ2v) is 9.76. The molecule has 0 aliphatic carbocycles. The minimum Gasteiger partial charge on any atom is -0.447 e. The molecule has 0 aliphatic heterocycles. The molecule has 0 fully saturated rings. The summed E-state index contributed by atoms with van der Waals surface area (Å²) in [5, 5.41) is 18.4. The van der Waals surface area contributed by atoms with E-state index in [1.165, 1.54) is 103 Å². The van der Waals surface area contributed by atoms with Gasteiger partial charge in [-0.3, -0.25) is 0 Å². The molecule has 33 heavy (non-hydrogen) atoms. The monoisotopic (exact) mass is 471 g/mol. The summed E-state index contributed by atoms with van der Waals surface area (Å²) >= 11 is 0. The largest absolute Gasteiger partial charge is 0.447 e. The lowest BCUT2D eigenvalue weighted by molar-refractivity contribution is 0.0197. The van der Waals surface area contributed by atoms with Crippen molar-refractivity contribution in [3.8, 4) is 0 Å². The normalized spacial score (nSPS) is 12.1. The zero-order chi connectivity index (χ0) is 24.4. The average Bonchev–Trinajstić information content (AvgIpc) is 2.83.